The van der Waals surface area contributed by atoms with E-state index >= 15 is 0 Å². The molecule has 1 atom stereocenters. The zero-order valence-corrected chi connectivity index (χ0v) is 16.0. The van der Waals surface area contributed by atoms with Crippen molar-refractivity contribution in [3.8, 4) is 0 Å². The van der Waals surface area contributed by atoms with Crippen LogP contribution in [-0.2, 0) is 18.8 Å². The fourth-order valence-electron chi connectivity index (χ4n) is 2.98. The average Bonchev–Trinajstić information content (AvgIpc) is 3.24. The predicted molar refractivity (Wildman–Crippen MR) is 91.5 cm³/mol. The summed E-state index contributed by atoms with van der Waals surface area (Å²) in [6.45, 7) is 2.57. The predicted octanol–water partition coefficient (Wildman–Crippen LogP) is 2.75. The Hall–Kier alpha value is -2.90. The van der Waals surface area contributed by atoms with Crippen LogP contribution in [0.1, 0.15) is 29.2 Å². The normalized spacial score (nSPS) is 14.9. The lowest BCUT2D eigenvalue weighted by molar-refractivity contribution is -0.271. The Morgan fingerprint density at radius 3 is 2.23 bits per heavy atom. The fraction of sp³-hybridized carbons (Fsp3) is 0.500. The number of aliphatic hydroxyl groups is 1. The van der Waals surface area contributed by atoms with E-state index in [0.717, 1.165) is 10.8 Å². The van der Waals surface area contributed by atoms with Crippen LogP contribution >= 0.6 is 0 Å². The van der Waals surface area contributed by atoms with Crippen molar-refractivity contribution >= 4 is 11.5 Å². The van der Waals surface area contributed by atoms with Gasteiger partial charge in [-0.3, -0.25) is 0 Å². The Kier molecular flexibility index (Phi) is 5.16. The molecule has 3 heterocycles. The molecule has 0 bridgehead atoms. The summed E-state index contributed by atoms with van der Waals surface area (Å²) in [4.78, 5) is 3.59. The number of fused-ring (bicyclic) bond motifs is 1. The maximum Gasteiger partial charge on any atom is 0.453 e. The van der Waals surface area contributed by atoms with Crippen molar-refractivity contribution in [2.45, 2.75) is 38.2 Å². The van der Waals surface area contributed by atoms with Gasteiger partial charge in [0.2, 0.25) is 5.60 Å². The van der Waals surface area contributed by atoms with Crippen LogP contribution in [0.5, 0.6) is 0 Å². The Bertz CT molecular complexity index is 1070. The maximum atomic E-state index is 13.6. The Morgan fingerprint density at radius 1 is 1.03 bits per heavy atom. The van der Waals surface area contributed by atoms with Crippen LogP contribution in [0.3, 0.4) is 0 Å². The highest BCUT2D eigenvalue weighted by Crippen LogP contribution is 2.40. The molecular formula is C16H17F6N7O. The molecule has 14 heteroatoms. The number of halogens is 6. The molecule has 30 heavy (non-hydrogen) atoms. The van der Waals surface area contributed by atoms with Crippen LogP contribution < -0.4 is 5.32 Å². The second kappa shape index (κ2) is 7.11. The SMILES string of the molecule is Cc1c(NCCC(O)(c2nccn2C)C(F)(F)F)nn2c(C(F)(F)F)nnc2c1C. The van der Waals surface area contributed by atoms with Gasteiger partial charge in [0.05, 0.1) is 0 Å². The third-order valence-corrected chi connectivity index (χ3v) is 4.79. The molecule has 0 amide bonds. The van der Waals surface area contributed by atoms with Gasteiger partial charge in [0.15, 0.2) is 5.65 Å². The van der Waals surface area contributed by atoms with Gasteiger partial charge in [-0.1, -0.05) is 0 Å². The van der Waals surface area contributed by atoms with Gasteiger partial charge in [0.25, 0.3) is 5.82 Å². The number of nitrogens with zero attached hydrogens (tertiary/aromatic N) is 6. The summed E-state index contributed by atoms with van der Waals surface area (Å²) in [5.41, 5.74) is -2.68. The Morgan fingerprint density at radius 2 is 1.70 bits per heavy atom. The molecule has 3 aromatic heterocycles. The van der Waals surface area contributed by atoms with E-state index in [1.54, 1.807) is 0 Å². The molecule has 2 N–H and O–H groups in total. The minimum absolute atomic E-state index is 0.0883. The van der Waals surface area contributed by atoms with Crippen LogP contribution in [0.2, 0.25) is 0 Å². The molecule has 0 aliphatic heterocycles. The van der Waals surface area contributed by atoms with E-state index in [-0.39, 0.29) is 11.5 Å². The third-order valence-electron chi connectivity index (χ3n) is 4.79. The van der Waals surface area contributed by atoms with E-state index in [1.807, 2.05) is 0 Å². The lowest BCUT2D eigenvalue weighted by atomic mass is 9.97. The second-order valence-electron chi connectivity index (χ2n) is 6.75. The van der Waals surface area contributed by atoms with Crippen LogP contribution in [0.25, 0.3) is 5.65 Å². The molecule has 0 spiro atoms. The lowest BCUT2D eigenvalue weighted by Gasteiger charge is -2.30. The molecular weight excluding hydrogens is 420 g/mol. The molecule has 0 radical (unpaired) electrons. The summed E-state index contributed by atoms with van der Waals surface area (Å²) >= 11 is 0. The summed E-state index contributed by atoms with van der Waals surface area (Å²) in [6.07, 6.45) is -8.33. The van der Waals surface area contributed by atoms with E-state index in [9.17, 15) is 31.4 Å². The first kappa shape index (κ1) is 21.8. The number of hydrogen-bond donors (Lipinski definition) is 2. The first-order valence-electron chi connectivity index (χ1n) is 8.58. The molecule has 0 aliphatic rings. The zero-order valence-electron chi connectivity index (χ0n) is 16.0. The smallest absolute Gasteiger partial charge is 0.374 e. The van der Waals surface area contributed by atoms with Crippen LogP contribution in [0.15, 0.2) is 12.4 Å². The Labute approximate surface area is 165 Å². The molecule has 3 rings (SSSR count). The van der Waals surface area contributed by atoms with E-state index in [2.05, 4.69) is 25.6 Å². The molecule has 0 saturated carbocycles. The number of aryl methyl sites for hydroxylation is 2. The highest BCUT2D eigenvalue weighted by atomic mass is 19.4. The van der Waals surface area contributed by atoms with Crippen molar-refractivity contribution in [1.29, 1.82) is 0 Å². The standard InChI is InChI=1S/C16H17F6N7O/c1-8-9(2)11-25-26-13(15(17,18)19)29(11)27-10(8)23-5-4-14(30,16(20,21)22)12-24-6-7-28(12)3/h6-7,30H,4-5H2,1-3H3,(H,23,27). The lowest BCUT2D eigenvalue weighted by Crippen LogP contribution is -2.45. The van der Waals surface area contributed by atoms with E-state index in [0.29, 0.717) is 15.6 Å². The van der Waals surface area contributed by atoms with Crippen LogP contribution in [0.4, 0.5) is 32.2 Å². The number of anilines is 1. The first-order valence-corrected chi connectivity index (χ1v) is 8.58. The van der Waals surface area contributed by atoms with Crippen molar-refractivity contribution in [1.82, 2.24) is 29.4 Å². The number of imidazole rings is 1. The van der Waals surface area contributed by atoms with Crippen molar-refractivity contribution in [2.75, 3.05) is 11.9 Å². The summed E-state index contributed by atoms with van der Waals surface area (Å²) in [7, 11) is 1.31. The molecule has 164 valence electrons. The largest absolute Gasteiger partial charge is 0.453 e. The van der Waals surface area contributed by atoms with E-state index in [4.69, 9.17) is 0 Å². The molecule has 0 saturated heterocycles. The first-order chi connectivity index (χ1) is 13.8. The van der Waals surface area contributed by atoms with Crippen molar-refractivity contribution in [2.24, 2.45) is 7.05 Å². The molecule has 0 fully saturated rings. The minimum Gasteiger partial charge on any atom is -0.374 e. The van der Waals surface area contributed by atoms with Crippen molar-refractivity contribution in [3.63, 3.8) is 0 Å². The Balaban J connectivity index is 1.91. The number of nitrogens with one attached hydrogen (secondary N) is 1. The molecule has 3 aromatic rings. The highest BCUT2D eigenvalue weighted by molar-refractivity contribution is 5.58. The van der Waals surface area contributed by atoms with E-state index in [1.165, 1.54) is 27.1 Å². The van der Waals surface area contributed by atoms with Crippen molar-refractivity contribution < 1.29 is 31.4 Å². The fourth-order valence-corrected chi connectivity index (χ4v) is 2.98. The van der Waals surface area contributed by atoms with Gasteiger partial charge >= 0.3 is 12.4 Å². The highest BCUT2D eigenvalue weighted by Gasteiger charge is 2.57. The van der Waals surface area contributed by atoms with Gasteiger partial charge < -0.3 is 15.0 Å². The van der Waals surface area contributed by atoms with Gasteiger partial charge in [-0.15, -0.1) is 15.3 Å². The topological polar surface area (TPSA) is 93.2 Å². The number of rotatable bonds is 5. The quantitative estimate of drug-likeness (QED) is 0.597. The van der Waals surface area contributed by atoms with Gasteiger partial charge in [0, 0.05) is 38.0 Å². The third kappa shape index (κ3) is 3.55. The minimum atomic E-state index is -5.03. The van der Waals surface area contributed by atoms with Gasteiger partial charge in [-0.05, 0) is 19.4 Å². The maximum absolute atomic E-state index is 13.6. The van der Waals surface area contributed by atoms with Gasteiger partial charge in [0.1, 0.15) is 11.6 Å². The summed E-state index contributed by atoms with van der Waals surface area (Å²) in [5, 5.41) is 23.3. The summed E-state index contributed by atoms with van der Waals surface area (Å²) in [5.74, 6) is -2.05. The number of aromatic nitrogens is 6. The molecule has 8 nitrogen and oxygen atoms in total. The number of hydrogen-bond acceptors (Lipinski definition) is 6. The average molecular weight is 437 g/mol. The van der Waals surface area contributed by atoms with Crippen molar-refractivity contribution in [3.05, 3.63) is 35.2 Å². The summed E-state index contributed by atoms with van der Waals surface area (Å²) < 4.78 is 81.5. The van der Waals surface area contributed by atoms with Crippen LogP contribution in [-0.4, -0.2) is 47.2 Å². The molecule has 0 aromatic carbocycles. The number of alkyl halides is 6. The monoisotopic (exact) mass is 437 g/mol. The second-order valence-corrected chi connectivity index (χ2v) is 6.75. The summed E-state index contributed by atoms with van der Waals surface area (Å²) in [6, 6.07) is 0. The van der Waals surface area contributed by atoms with E-state index < -0.39 is 42.6 Å². The van der Waals surface area contributed by atoms with Gasteiger partial charge in [-0.2, -0.15) is 30.9 Å². The van der Waals surface area contributed by atoms with Crippen LogP contribution in [0, 0.1) is 13.8 Å². The van der Waals surface area contributed by atoms with Gasteiger partial charge in [-0.25, -0.2) is 4.98 Å². The molecule has 1 unspecified atom stereocenters. The zero-order chi connectivity index (χ0) is 22.5. The molecule has 0 aliphatic carbocycles.